The molecule has 0 radical (unpaired) electrons. The summed E-state index contributed by atoms with van der Waals surface area (Å²) in [7, 11) is 0. The number of nitrogens with zero attached hydrogens (tertiary/aromatic N) is 4. The Bertz CT molecular complexity index is 1640. The summed E-state index contributed by atoms with van der Waals surface area (Å²) in [6.45, 7) is 0. The van der Waals surface area contributed by atoms with Crippen molar-refractivity contribution in [3.63, 3.8) is 0 Å². The Morgan fingerprint density at radius 3 is 2.10 bits per heavy atom. The third kappa shape index (κ3) is 4.21. The Balaban J connectivity index is 1.22. The van der Waals surface area contributed by atoms with Gasteiger partial charge in [0, 0.05) is 24.0 Å². The lowest BCUT2D eigenvalue weighted by Gasteiger charge is -2.46. The van der Waals surface area contributed by atoms with E-state index in [0.717, 1.165) is 36.8 Å². The highest BCUT2D eigenvalue weighted by molar-refractivity contribution is 5.94. The molecule has 4 heteroatoms. The van der Waals surface area contributed by atoms with E-state index in [2.05, 4.69) is 124 Å². The lowest BCUT2D eigenvalue weighted by atomic mass is 9.87. The van der Waals surface area contributed by atoms with Gasteiger partial charge in [-0.25, -0.2) is 0 Å². The zero-order valence-corrected chi connectivity index (χ0v) is 22.3. The van der Waals surface area contributed by atoms with Crippen molar-refractivity contribution in [1.82, 2.24) is 4.98 Å². The molecular weight excluding hydrogens is 488 g/mol. The van der Waals surface area contributed by atoms with Crippen LogP contribution < -0.4 is 9.80 Å². The molecule has 3 aliphatic rings. The molecule has 40 heavy (non-hydrogen) atoms. The van der Waals surface area contributed by atoms with E-state index in [-0.39, 0.29) is 0 Å². The van der Waals surface area contributed by atoms with Gasteiger partial charge in [-0.3, -0.25) is 4.98 Å². The molecule has 1 aliphatic heterocycles. The van der Waals surface area contributed by atoms with Crippen LogP contribution in [0.4, 0.5) is 22.7 Å². The number of hydrogen-bond acceptors (Lipinski definition) is 4. The summed E-state index contributed by atoms with van der Waals surface area (Å²) < 4.78 is 0. The molecule has 4 nitrogen and oxygen atoms in total. The van der Waals surface area contributed by atoms with Crippen LogP contribution in [0, 0.1) is 11.3 Å². The minimum Gasteiger partial charge on any atom is -0.335 e. The predicted molar refractivity (Wildman–Crippen MR) is 164 cm³/mol. The maximum absolute atomic E-state index is 9.52. The number of para-hydroxylation sites is 4. The number of aromatic nitrogens is 1. The summed E-state index contributed by atoms with van der Waals surface area (Å²) in [5.74, 6) is 0. The van der Waals surface area contributed by atoms with Gasteiger partial charge in [-0.15, -0.1) is 0 Å². The van der Waals surface area contributed by atoms with Crippen LogP contribution in [0.3, 0.4) is 0 Å². The molecule has 2 aliphatic carbocycles. The van der Waals surface area contributed by atoms with E-state index in [0.29, 0.717) is 17.6 Å². The number of nitriles is 1. The second-order valence-corrected chi connectivity index (χ2v) is 10.6. The number of allylic oxidation sites excluding steroid dienone is 3. The summed E-state index contributed by atoms with van der Waals surface area (Å²) >= 11 is 0. The van der Waals surface area contributed by atoms with Crippen molar-refractivity contribution >= 4 is 28.3 Å². The van der Waals surface area contributed by atoms with Gasteiger partial charge in [0.1, 0.15) is 0 Å². The Morgan fingerprint density at radius 2 is 1.45 bits per heavy atom. The maximum Gasteiger partial charge on any atom is 0.0999 e. The van der Waals surface area contributed by atoms with Gasteiger partial charge in [0.2, 0.25) is 0 Å². The molecule has 2 heterocycles. The van der Waals surface area contributed by atoms with Crippen molar-refractivity contribution in [1.29, 1.82) is 5.26 Å². The molecule has 3 aromatic carbocycles. The molecule has 4 aromatic rings. The van der Waals surface area contributed by atoms with Gasteiger partial charge in [-0.1, -0.05) is 78.9 Å². The molecule has 2 unspecified atom stereocenters. The van der Waals surface area contributed by atoms with Gasteiger partial charge in [0.25, 0.3) is 0 Å². The second-order valence-electron chi connectivity index (χ2n) is 10.6. The lowest BCUT2D eigenvalue weighted by molar-refractivity contribution is 0.595. The number of pyridine rings is 1. The van der Waals surface area contributed by atoms with Crippen molar-refractivity contribution in [2.24, 2.45) is 0 Å². The standard InChI is InChI=1S/C36H30N4/c37-24-29-21-22-38-25-32(29)27-19-17-26(18-20-27)28-9-8-12-31(23-28)40-35-15-6-4-13-33(35)39(30-10-2-1-3-11-30)34-14-5-7-16-36(34)40/h1-7,9-10,13-22,25,30-31H,8,11-12,23H2. The molecule has 2 atom stereocenters. The van der Waals surface area contributed by atoms with Gasteiger partial charge in [0.05, 0.1) is 40.4 Å². The third-order valence-corrected chi connectivity index (χ3v) is 8.31. The van der Waals surface area contributed by atoms with E-state index in [9.17, 15) is 5.26 Å². The van der Waals surface area contributed by atoms with E-state index in [1.807, 2.05) is 0 Å². The van der Waals surface area contributed by atoms with Crippen molar-refractivity contribution in [3.05, 3.63) is 133 Å². The fourth-order valence-electron chi connectivity index (χ4n) is 6.44. The minimum absolute atomic E-state index is 0.302. The van der Waals surface area contributed by atoms with E-state index in [1.165, 1.54) is 33.9 Å². The molecule has 0 fully saturated rings. The van der Waals surface area contributed by atoms with Crippen molar-refractivity contribution < 1.29 is 0 Å². The first-order valence-corrected chi connectivity index (χ1v) is 14.1. The van der Waals surface area contributed by atoms with E-state index in [1.54, 1.807) is 18.5 Å². The van der Waals surface area contributed by atoms with E-state index in [4.69, 9.17) is 0 Å². The first-order valence-electron chi connectivity index (χ1n) is 14.1. The van der Waals surface area contributed by atoms with Crippen LogP contribution in [0.5, 0.6) is 0 Å². The number of anilines is 4. The number of rotatable bonds is 4. The normalized spacial score (nSPS) is 19.4. The van der Waals surface area contributed by atoms with Crippen LogP contribution in [-0.4, -0.2) is 17.1 Å². The molecule has 0 saturated carbocycles. The topological polar surface area (TPSA) is 43.2 Å². The minimum atomic E-state index is 0.302. The van der Waals surface area contributed by atoms with Crippen molar-refractivity contribution in [2.75, 3.05) is 9.80 Å². The number of fused-ring (bicyclic) bond motifs is 2. The molecule has 0 amide bonds. The molecule has 194 valence electrons. The van der Waals surface area contributed by atoms with Crippen LogP contribution in [-0.2, 0) is 0 Å². The Hall–Kier alpha value is -4.88. The fraction of sp³-hybridized carbons (Fsp3) is 0.167. The van der Waals surface area contributed by atoms with Gasteiger partial charge >= 0.3 is 0 Å². The molecule has 0 saturated heterocycles. The number of benzene rings is 3. The van der Waals surface area contributed by atoms with E-state index < -0.39 is 0 Å². The van der Waals surface area contributed by atoms with Crippen LogP contribution in [0.15, 0.2) is 122 Å². The Kier molecular flexibility index (Phi) is 6.26. The molecule has 7 rings (SSSR count). The highest BCUT2D eigenvalue weighted by atomic mass is 15.3. The molecular formula is C36H30N4. The zero-order valence-electron chi connectivity index (χ0n) is 22.3. The van der Waals surface area contributed by atoms with Crippen molar-refractivity contribution in [3.8, 4) is 17.2 Å². The number of hydrogen-bond donors (Lipinski definition) is 0. The van der Waals surface area contributed by atoms with Crippen LogP contribution in [0.1, 0.15) is 36.8 Å². The average molecular weight is 519 g/mol. The Labute approximate surface area is 235 Å². The molecule has 0 N–H and O–H groups in total. The smallest absolute Gasteiger partial charge is 0.0999 e. The second kappa shape index (κ2) is 10.4. The zero-order chi connectivity index (χ0) is 26.9. The third-order valence-electron chi connectivity index (χ3n) is 8.31. The van der Waals surface area contributed by atoms with Gasteiger partial charge in [-0.05, 0) is 72.7 Å². The quantitative estimate of drug-likeness (QED) is 0.271. The van der Waals surface area contributed by atoms with Gasteiger partial charge in [-0.2, -0.15) is 5.26 Å². The highest BCUT2D eigenvalue weighted by Gasteiger charge is 2.35. The van der Waals surface area contributed by atoms with E-state index >= 15 is 0 Å². The molecule has 0 spiro atoms. The van der Waals surface area contributed by atoms with Crippen LogP contribution in [0.25, 0.3) is 16.7 Å². The molecule has 0 bridgehead atoms. The monoisotopic (exact) mass is 518 g/mol. The van der Waals surface area contributed by atoms with Crippen LogP contribution >= 0.6 is 0 Å². The first kappa shape index (κ1) is 24.2. The average Bonchev–Trinajstić information content (AvgIpc) is 3.04. The Morgan fingerprint density at radius 1 is 0.775 bits per heavy atom. The maximum atomic E-state index is 9.52. The predicted octanol–water partition coefficient (Wildman–Crippen LogP) is 8.73. The summed E-state index contributed by atoms with van der Waals surface area (Å²) in [5.41, 5.74) is 10.3. The SMILES string of the molecule is N#Cc1ccncc1-c1ccc(C2=CCCC(N3c4ccccc4N(C4C=CC=CC4)c4ccccc43)C2)cc1. The summed E-state index contributed by atoms with van der Waals surface area (Å²) in [6.07, 6.45) is 18.9. The lowest BCUT2D eigenvalue weighted by Crippen LogP contribution is -2.40. The summed E-state index contributed by atoms with van der Waals surface area (Å²) in [5, 5.41) is 9.52. The van der Waals surface area contributed by atoms with Gasteiger partial charge in [0.15, 0.2) is 0 Å². The van der Waals surface area contributed by atoms with Gasteiger partial charge < -0.3 is 9.80 Å². The first-order chi connectivity index (χ1) is 19.8. The summed E-state index contributed by atoms with van der Waals surface area (Å²) in [4.78, 5) is 9.36. The van der Waals surface area contributed by atoms with Crippen molar-refractivity contribution in [2.45, 2.75) is 37.8 Å². The summed E-state index contributed by atoms with van der Waals surface area (Å²) in [6, 6.07) is 31.1. The van der Waals surface area contributed by atoms with Crippen LogP contribution in [0.2, 0.25) is 0 Å². The molecule has 1 aromatic heterocycles. The fourth-order valence-corrected chi connectivity index (χ4v) is 6.44. The highest BCUT2D eigenvalue weighted by Crippen LogP contribution is 2.52. The largest absolute Gasteiger partial charge is 0.335 e.